The molecule has 1 fully saturated rings. The maximum atomic E-state index is 12.7. The van der Waals surface area contributed by atoms with E-state index in [1.54, 1.807) is 0 Å². The molecule has 2 rings (SSSR count). The maximum absolute atomic E-state index is 12.7. The Morgan fingerprint density at radius 3 is 2.45 bits per heavy atom. The third kappa shape index (κ3) is 3.29. The van der Waals surface area contributed by atoms with E-state index in [1.807, 2.05) is 30.3 Å². The number of benzene rings is 1. The monoisotopic (exact) mass is 273 g/mol. The molecule has 0 spiro atoms. The first-order valence-electron chi connectivity index (χ1n) is 7.76. The number of ketones is 1. The molecule has 1 aromatic carbocycles. The lowest BCUT2D eigenvalue weighted by molar-refractivity contribution is 0.0828. The van der Waals surface area contributed by atoms with Gasteiger partial charge in [0.15, 0.2) is 5.78 Å². The van der Waals surface area contributed by atoms with Crippen molar-refractivity contribution >= 4 is 5.78 Å². The lowest BCUT2D eigenvalue weighted by Gasteiger charge is -2.29. The number of nitrogens with zero attached hydrogens (tertiary/aromatic N) is 1. The van der Waals surface area contributed by atoms with Crippen molar-refractivity contribution in [2.75, 3.05) is 13.1 Å². The minimum absolute atomic E-state index is 0.0461. The SMILES string of the molecule is CCC(C(=O)c1ccccc1)N1CCC(C(C)(C)C)C1. The molecule has 110 valence electrons. The van der Waals surface area contributed by atoms with Crippen LogP contribution in [0.25, 0.3) is 0 Å². The standard InChI is InChI=1S/C18H27NO/c1-5-16(17(20)14-9-7-6-8-10-14)19-12-11-15(13-19)18(2,3)4/h6-10,15-16H,5,11-13H2,1-4H3. The van der Waals surface area contributed by atoms with Crippen LogP contribution in [0.2, 0.25) is 0 Å². The van der Waals surface area contributed by atoms with E-state index < -0.39 is 0 Å². The molecule has 20 heavy (non-hydrogen) atoms. The fourth-order valence-electron chi connectivity index (χ4n) is 3.18. The maximum Gasteiger partial charge on any atom is 0.179 e. The molecule has 0 aliphatic carbocycles. The van der Waals surface area contributed by atoms with Crippen LogP contribution in [-0.4, -0.2) is 29.8 Å². The van der Waals surface area contributed by atoms with Crippen molar-refractivity contribution < 1.29 is 4.79 Å². The van der Waals surface area contributed by atoms with E-state index >= 15 is 0 Å². The Balaban J connectivity index is 2.09. The van der Waals surface area contributed by atoms with Crippen LogP contribution < -0.4 is 0 Å². The number of likely N-dealkylation sites (tertiary alicyclic amines) is 1. The second-order valence-corrected chi connectivity index (χ2v) is 7.00. The molecule has 0 radical (unpaired) electrons. The van der Waals surface area contributed by atoms with Gasteiger partial charge in [-0.1, -0.05) is 58.0 Å². The summed E-state index contributed by atoms with van der Waals surface area (Å²) in [6, 6.07) is 9.77. The summed E-state index contributed by atoms with van der Waals surface area (Å²) in [4.78, 5) is 15.1. The van der Waals surface area contributed by atoms with Crippen molar-refractivity contribution in [2.45, 2.75) is 46.6 Å². The highest BCUT2D eigenvalue weighted by atomic mass is 16.1. The predicted molar refractivity (Wildman–Crippen MR) is 84.0 cm³/mol. The van der Waals surface area contributed by atoms with Crippen LogP contribution in [0.5, 0.6) is 0 Å². The van der Waals surface area contributed by atoms with Gasteiger partial charge in [-0.05, 0) is 30.7 Å². The van der Waals surface area contributed by atoms with Crippen LogP contribution in [0.15, 0.2) is 30.3 Å². The molecule has 0 amide bonds. The predicted octanol–water partition coefficient (Wildman–Crippen LogP) is 4.02. The first-order chi connectivity index (χ1) is 9.43. The van der Waals surface area contributed by atoms with Crippen molar-refractivity contribution in [2.24, 2.45) is 11.3 Å². The summed E-state index contributed by atoms with van der Waals surface area (Å²) in [5, 5.41) is 0. The average Bonchev–Trinajstić information content (AvgIpc) is 2.90. The molecule has 1 saturated heterocycles. The van der Waals surface area contributed by atoms with Gasteiger partial charge in [-0.25, -0.2) is 0 Å². The summed E-state index contributed by atoms with van der Waals surface area (Å²) >= 11 is 0. The number of hydrogen-bond donors (Lipinski definition) is 0. The van der Waals surface area contributed by atoms with Gasteiger partial charge in [0.2, 0.25) is 0 Å². The number of Topliss-reactive ketones (excluding diaryl/α,β-unsaturated/α-hetero) is 1. The molecular weight excluding hydrogens is 246 g/mol. The van der Waals surface area contributed by atoms with Gasteiger partial charge in [-0.3, -0.25) is 9.69 Å². The minimum atomic E-state index is 0.0461. The Hall–Kier alpha value is -1.15. The third-order valence-electron chi connectivity index (χ3n) is 4.63. The van der Waals surface area contributed by atoms with Gasteiger partial charge in [0.1, 0.15) is 0 Å². The zero-order valence-electron chi connectivity index (χ0n) is 13.2. The highest BCUT2D eigenvalue weighted by Gasteiger charge is 2.36. The molecule has 0 bridgehead atoms. The van der Waals surface area contributed by atoms with Gasteiger partial charge < -0.3 is 0 Å². The van der Waals surface area contributed by atoms with E-state index in [0.29, 0.717) is 11.3 Å². The van der Waals surface area contributed by atoms with Crippen LogP contribution in [-0.2, 0) is 0 Å². The van der Waals surface area contributed by atoms with Crippen molar-refractivity contribution in [3.63, 3.8) is 0 Å². The average molecular weight is 273 g/mol. The molecule has 0 aromatic heterocycles. The molecule has 2 unspecified atom stereocenters. The first-order valence-corrected chi connectivity index (χ1v) is 7.76. The summed E-state index contributed by atoms with van der Waals surface area (Å²) in [5.41, 5.74) is 1.18. The molecule has 0 N–H and O–H groups in total. The first kappa shape index (κ1) is 15.2. The Morgan fingerprint density at radius 2 is 1.95 bits per heavy atom. The molecule has 2 atom stereocenters. The molecule has 1 aliphatic heterocycles. The van der Waals surface area contributed by atoms with Gasteiger partial charge in [0.25, 0.3) is 0 Å². The molecule has 1 aromatic rings. The normalized spacial score (nSPS) is 21.9. The number of carbonyl (C=O) groups is 1. The molecule has 1 aliphatic rings. The van der Waals surface area contributed by atoms with E-state index in [1.165, 1.54) is 6.42 Å². The Kier molecular flexibility index (Phi) is 4.64. The Labute approximate surface area is 123 Å². The van der Waals surface area contributed by atoms with E-state index in [4.69, 9.17) is 0 Å². The van der Waals surface area contributed by atoms with E-state index in [-0.39, 0.29) is 11.8 Å². The lowest BCUT2D eigenvalue weighted by atomic mass is 9.80. The fraction of sp³-hybridized carbons (Fsp3) is 0.611. The van der Waals surface area contributed by atoms with Crippen molar-refractivity contribution in [1.82, 2.24) is 4.90 Å². The zero-order chi connectivity index (χ0) is 14.8. The second-order valence-electron chi connectivity index (χ2n) is 7.00. The highest BCUT2D eigenvalue weighted by molar-refractivity contribution is 6.00. The molecule has 0 saturated carbocycles. The summed E-state index contributed by atoms with van der Waals surface area (Å²) in [5.74, 6) is 0.975. The third-order valence-corrected chi connectivity index (χ3v) is 4.63. The molecule has 2 nitrogen and oxygen atoms in total. The topological polar surface area (TPSA) is 20.3 Å². The Morgan fingerprint density at radius 1 is 1.30 bits per heavy atom. The van der Waals surface area contributed by atoms with Crippen LogP contribution in [0.3, 0.4) is 0 Å². The van der Waals surface area contributed by atoms with Gasteiger partial charge in [0, 0.05) is 12.1 Å². The number of hydrogen-bond acceptors (Lipinski definition) is 2. The quantitative estimate of drug-likeness (QED) is 0.772. The summed E-state index contributed by atoms with van der Waals surface area (Å²) in [7, 11) is 0. The number of rotatable bonds is 4. The highest BCUT2D eigenvalue weighted by Crippen LogP contribution is 2.35. The molecular formula is C18H27NO. The van der Waals surface area contributed by atoms with Gasteiger partial charge >= 0.3 is 0 Å². The van der Waals surface area contributed by atoms with E-state index in [0.717, 1.165) is 25.1 Å². The van der Waals surface area contributed by atoms with Crippen LogP contribution >= 0.6 is 0 Å². The summed E-state index contributed by atoms with van der Waals surface area (Å²) in [6.07, 6.45) is 2.10. The van der Waals surface area contributed by atoms with Crippen molar-refractivity contribution in [1.29, 1.82) is 0 Å². The van der Waals surface area contributed by atoms with Gasteiger partial charge in [-0.15, -0.1) is 0 Å². The van der Waals surface area contributed by atoms with Crippen LogP contribution in [0.4, 0.5) is 0 Å². The van der Waals surface area contributed by atoms with E-state index in [2.05, 4.69) is 32.6 Å². The minimum Gasteiger partial charge on any atom is -0.293 e. The van der Waals surface area contributed by atoms with Crippen molar-refractivity contribution in [3.05, 3.63) is 35.9 Å². The lowest BCUT2D eigenvalue weighted by Crippen LogP contribution is -2.40. The van der Waals surface area contributed by atoms with Crippen LogP contribution in [0, 0.1) is 11.3 Å². The smallest absolute Gasteiger partial charge is 0.179 e. The summed E-state index contributed by atoms with van der Waals surface area (Å²) in [6.45, 7) is 11.2. The fourth-order valence-corrected chi connectivity index (χ4v) is 3.18. The summed E-state index contributed by atoms with van der Waals surface area (Å²) < 4.78 is 0. The van der Waals surface area contributed by atoms with Gasteiger partial charge in [0.05, 0.1) is 6.04 Å². The Bertz CT molecular complexity index is 446. The largest absolute Gasteiger partial charge is 0.293 e. The van der Waals surface area contributed by atoms with Crippen molar-refractivity contribution in [3.8, 4) is 0 Å². The molecule has 1 heterocycles. The number of carbonyl (C=O) groups excluding carboxylic acids is 1. The van der Waals surface area contributed by atoms with Gasteiger partial charge in [-0.2, -0.15) is 0 Å². The van der Waals surface area contributed by atoms with E-state index in [9.17, 15) is 4.79 Å². The van der Waals surface area contributed by atoms with Crippen LogP contribution in [0.1, 0.15) is 50.9 Å². The molecule has 2 heteroatoms. The second kappa shape index (κ2) is 6.09. The zero-order valence-corrected chi connectivity index (χ0v) is 13.2.